The molecule has 0 amide bonds. The van der Waals surface area contributed by atoms with E-state index >= 15 is 0 Å². The minimum absolute atomic E-state index is 0.624. The van der Waals surface area contributed by atoms with E-state index in [1.165, 1.54) is 4.31 Å². The molecule has 0 bridgehead atoms. The molecule has 1 N–H and O–H groups in total. The van der Waals surface area contributed by atoms with Gasteiger partial charge >= 0.3 is 10.2 Å². The molecule has 1 aromatic carbocycles. The lowest BCUT2D eigenvalue weighted by Crippen LogP contribution is -2.39. The van der Waals surface area contributed by atoms with Crippen molar-refractivity contribution in [2.24, 2.45) is 0 Å². The fraction of sp³-hybridized carbons (Fsp3) is 0.455. The minimum atomic E-state index is -3.38. The lowest BCUT2D eigenvalue weighted by Gasteiger charge is -2.26. The Kier molecular flexibility index (Phi) is 4.26. The molecule has 1 aromatic rings. The number of para-hydroxylation sites is 1. The first kappa shape index (κ1) is 13.1. The van der Waals surface area contributed by atoms with Crippen molar-refractivity contribution in [2.45, 2.75) is 19.3 Å². The molecule has 0 aromatic heterocycles. The molecule has 0 saturated carbocycles. The van der Waals surface area contributed by atoms with Crippen molar-refractivity contribution >= 4 is 38.5 Å². The molecule has 0 radical (unpaired) electrons. The fourth-order valence-electron chi connectivity index (χ4n) is 1.85. The van der Waals surface area contributed by atoms with Gasteiger partial charge in [0.1, 0.15) is 0 Å². The predicted octanol–water partition coefficient (Wildman–Crippen LogP) is 2.43. The maximum absolute atomic E-state index is 12.1. The van der Waals surface area contributed by atoms with Crippen LogP contribution in [0.4, 0.5) is 5.69 Å². The van der Waals surface area contributed by atoms with E-state index in [0.717, 1.165) is 22.8 Å². The monoisotopic (exact) mass is 366 g/mol. The molecule has 1 heterocycles. The Bertz CT molecular complexity index is 484. The largest absolute Gasteiger partial charge is 0.301 e. The summed E-state index contributed by atoms with van der Waals surface area (Å²) in [4.78, 5) is 0. The van der Waals surface area contributed by atoms with Crippen LogP contribution in [0.3, 0.4) is 0 Å². The molecular formula is C11H15IN2O2S. The van der Waals surface area contributed by atoms with Crippen molar-refractivity contribution in [3.63, 3.8) is 0 Å². The van der Waals surface area contributed by atoms with E-state index < -0.39 is 10.2 Å². The molecule has 1 aliphatic rings. The molecule has 0 spiro atoms. The van der Waals surface area contributed by atoms with Gasteiger partial charge in [0.2, 0.25) is 0 Å². The number of benzene rings is 1. The van der Waals surface area contributed by atoms with Gasteiger partial charge in [-0.1, -0.05) is 18.6 Å². The highest BCUT2D eigenvalue weighted by Crippen LogP contribution is 2.21. The van der Waals surface area contributed by atoms with Crippen molar-refractivity contribution in [3.8, 4) is 0 Å². The van der Waals surface area contributed by atoms with Crippen molar-refractivity contribution in [2.75, 3.05) is 17.8 Å². The second kappa shape index (κ2) is 5.53. The molecule has 6 heteroatoms. The van der Waals surface area contributed by atoms with E-state index in [2.05, 4.69) is 27.3 Å². The third-order valence-corrected chi connectivity index (χ3v) is 5.23. The molecule has 0 aliphatic carbocycles. The molecule has 94 valence electrons. The first-order chi connectivity index (χ1) is 8.09. The maximum atomic E-state index is 12.1. The summed E-state index contributed by atoms with van der Waals surface area (Å²) in [7, 11) is -3.38. The number of halogens is 1. The first-order valence-corrected chi connectivity index (χ1v) is 8.14. The highest BCUT2D eigenvalue weighted by Gasteiger charge is 2.24. The molecule has 1 fully saturated rings. The van der Waals surface area contributed by atoms with E-state index in [-0.39, 0.29) is 0 Å². The molecule has 0 unspecified atom stereocenters. The van der Waals surface area contributed by atoms with Crippen LogP contribution in [0.1, 0.15) is 19.3 Å². The Morgan fingerprint density at radius 3 is 2.41 bits per heavy atom. The molecule has 17 heavy (non-hydrogen) atoms. The standard InChI is InChI=1S/C11H15IN2O2S/c12-10-6-2-3-7-11(10)13-17(15,16)14-8-4-1-5-9-14/h2-3,6-7,13H,1,4-5,8-9H2. The summed E-state index contributed by atoms with van der Waals surface area (Å²) in [5.41, 5.74) is 0.652. The Balaban J connectivity index is 2.14. The zero-order valence-corrected chi connectivity index (χ0v) is 12.4. The van der Waals surface area contributed by atoms with E-state index in [4.69, 9.17) is 0 Å². The average molecular weight is 366 g/mol. The Labute approximate surface area is 116 Å². The summed E-state index contributed by atoms with van der Waals surface area (Å²) in [6.07, 6.45) is 3.02. The number of anilines is 1. The number of nitrogens with one attached hydrogen (secondary N) is 1. The number of piperidine rings is 1. The van der Waals surface area contributed by atoms with Gasteiger partial charge in [0.25, 0.3) is 0 Å². The number of hydrogen-bond donors (Lipinski definition) is 1. The van der Waals surface area contributed by atoms with Gasteiger partial charge in [0.05, 0.1) is 5.69 Å². The molecule has 4 nitrogen and oxygen atoms in total. The van der Waals surface area contributed by atoms with E-state index in [1.54, 1.807) is 6.07 Å². The number of hydrogen-bond acceptors (Lipinski definition) is 2. The summed E-state index contributed by atoms with van der Waals surface area (Å²) >= 11 is 2.13. The predicted molar refractivity (Wildman–Crippen MR) is 77.1 cm³/mol. The molecule has 1 aliphatic heterocycles. The van der Waals surface area contributed by atoms with Gasteiger partial charge in [-0.2, -0.15) is 12.7 Å². The summed E-state index contributed by atoms with van der Waals surface area (Å²) in [5, 5.41) is 0. The van der Waals surface area contributed by atoms with Crippen LogP contribution < -0.4 is 4.72 Å². The second-order valence-electron chi connectivity index (χ2n) is 4.05. The van der Waals surface area contributed by atoms with Crippen LogP contribution in [0.5, 0.6) is 0 Å². The van der Waals surface area contributed by atoms with E-state index in [0.29, 0.717) is 18.8 Å². The van der Waals surface area contributed by atoms with Gasteiger partial charge < -0.3 is 0 Å². The van der Waals surface area contributed by atoms with Crippen molar-refractivity contribution in [1.82, 2.24) is 4.31 Å². The van der Waals surface area contributed by atoms with Crippen LogP contribution in [-0.4, -0.2) is 25.8 Å². The van der Waals surface area contributed by atoms with E-state index in [1.807, 2.05) is 18.2 Å². The van der Waals surface area contributed by atoms with Crippen LogP contribution in [-0.2, 0) is 10.2 Å². The van der Waals surface area contributed by atoms with Crippen LogP contribution in [0.2, 0.25) is 0 Å². The number of nitrogens with zero attached hydrogens (tertiary/aromatic N) is 1. The normalized spacial score (nSPS) is 17.9. The third-order valence-electron chi connectivity index (χ3n) is 2.77. The van der Waals surface area contributed by atoms with Crippen LogP contribution in [0.15, 0.2) is 24.3 Å². The third kappa shape index (κ3) is 3.32. The summed E-state index contributed by atoms with van der Waals surface area (Å²) in [5.74, 6) is 0. The zero-order valence-electron chi connectivity index (χ0n) is 9.39. The summed E-state index contributed by atoms with van der Waals surface area (Å²) in [6, 6.07) is 7.38. The number of rotatable bonds is 3. The van der Waals surface area contributed by atoms with Crippen molar-refractivity contribution in [1.29, 1.82) is 0 Å². The summed E-state index contributed by atoms with van der Waals surface area (Å²) < 4.78 is 29.3. The fourth-order valence-corrected chi connectivity index (χ4v) is 3.88. The smallest absolute Gasteiger partial charge is 0.270 e. The van der Waals surface area contributed by atoms with Crippen molar-refractivity contribution in [3.05, 3.63) is 27.8 Å². The van der Waals surface area contributed by atoms with Gasteiger partial charge in [-0.15, -0.1) is 0 Å². The summed E-state index contributed by atoms with van der Waals surface area (Å²) in [6.45, 7) is 1.25. The zero-order chi connectivity index (χ0) is 12.3. The van der Waals surface area contributed by atoms with Gasteiger partial charge in [-0.05, 0) is 47.6 Å². The topological polar surface area (TPSA) is 49.4 Å². The Morgan fingerprint density at radius 1 is 1.12 bits per heavy atom. The quantitative estimate of drug-likeness (QED) is 0.836. The van der Waals surface area contributed by atoms with Gasteiger partial charge in [-0.25, -0.2) is 0 Å². The molecule has 1 saturated heterocycles. The first-order valence-electron chi connectivity index (χ1n) is 5.62. The highest BCUT2D eigenvalue weighted by atomic mass is 127. The molecular weight excluding hydrogens is 351 g/mol. The second-order valence-corrected chi connectivity index (χ2v) is 6.88. The van der Waals surface area contributed by atoms with Crippen LogP contribution in [0, 0.1) is 3.57 Å². The van der Waals surface area contributed by atoms with Crippen LogP contribution >= 0.6 is 22.6 Å². The van der Waals surface area contributed by atoms with Gasteiger partial charge in [0, 0.05) is 16.7 Å². The van der Waals surface area contributed by atoms with Crippen molar-refractivity contribution < 1.29 is 8.42 Å². The van der Waals surface area contributed by atoms with Gasteiger partial charge in [-0.3, -0.25) is 4.72 Å². The van der Waals surface area contributed by atoms with Crippen LogP contribution in [0.25, 0.3) is 0 Å². The average Bonchev–Trinajstić information content (AvgIpc) is 2.33. The molecule has 2 rings (SSSR count). The maximum Gasteiger partial charge on any atom is 0.301 e. The van der Waals surface area contributed by atoms with E-state index in [9.17, 15) is 8.42 Å². The van der Waals surface area contributed by atoms with Gasteiger partial charge in [0.15, 0.2) is 0 Å². The lowest BCUT2D eigenvalue weighted by atomic mass is 10.2. The highest BCUT2D eigenvalue weighted by molar-refractivity contribution is 14.1. The minimum Gasteiger partial charge on any atom is -0.270 e. The Hall–Kier alpha value is -0.340. The SMILES string of the molecule is O=S(=O)(Nc1ccccc1I)N1CCCCC1. The molecule has 0 atom stereocenters. The Morgan fingerprint density at radius 2 is 1.76 bits per heavy atom. The lowest BCUT2D eigenvalue weighted by molar-refractivity contribution is 0.349.